The number of rotatable bonds is 32. The van der Waals surface area contributed by atoms with E-state index in [0.717, 1.165) is 18.2 Å². The number of fused-ring (bicyclic) bond motifs is 4. The van der Waals surface area contributed by atoms with E-state index in [1.165, 1.54) is 6.92 Å². The highest BCUT2D eigenvalue weighted by Gasteiger charge is 2.54. The smallest absolute Gasteiger partial charge is 0.331 e. The second kappa shape index (κ2) is 40.1. The fraction of sp³-hybridized carbons (Fsp3) is 0.629. The van der Waals surface area contributed by atoms with E-state index in [0.29, 0.717) is 18.9 Å². The largest absolute Gasteiger partial charge is 0.513 e. The van der Waals surface area contributed by atoms with E-state index in [2.05, 4.69) is 19.7 Å². The third-order valence-electron chi connectivity index (χ3n) is 14.9. The van der Waals surface area contributed by atoms with Gasteiger partial charge in [0.2, 0.25) is 0 Å². The standard InChI is InChI=1S/C17H24O9.2C15H20O9.C15H16O9/c1-10(18)4-2-6-14(21)25-11-8-23-17-12(9-24-16(11)17)26-15(22)7-3-5-13(19)20;3*1-8(16)2-4-12(19)23-9-6-21-15-10(7-22-14(9)15)24-13(20)5-3-11(17)18/h11-12,16-17H,2-9H2,1H3,(H,19,20);2*9-10,14-16H,1-7H2,(H,17,18);2-5,9-10,14-16H,1,6-7H2,(H,17,18)/t11-,12+,16+,17+;9-,10+,14+,15+;9-,10-,14-,15-;9-,10+,14+,15+/m0010/s1. The van der Waals surface area contributed by atoms with E-state index in [9.17, 15) is 62.3 Å². The number of Topliss-reactive ketones (excluding diaryl/α,β-unsaturated/α-hetero) is 1. The minimum absolute atomic E-state index is 0.00315. The Kier molecular flexibility index (Phi) is 32.6. The van der Waals surface area contributed by atoms with Gasteiger partial charge < -0.3 is 116 Å². The molecule has 8 saturated heterocycles. The molecule has 0 saturated carbocycles. The molecule has 16 atom stereocenters. The van der Waals surface area contributed by atoms with Gasteiger partial charge in [-0.05, 0) is 25.8 Å². The van der Waals surface area contributed by atoms with Gasteiger partial charge in [0.15, 0.2) is 48.8 Å². The van der Waals surface area contributed by atoms with Crippen molar-refractivity contribution in [2.75, 3.05) is 52.9 Å². The summed E-state index contributed by atoms with van der Waals surface area (Å²) < 4.78 is 85.7. The Balaban J connectivity index is 0.000000236. The number of esters is 8. The number of hydrogen-bond donors (Lipinski definition) is 7. The lowest BCUT2D eigenvalue weighted by molar-refractivity contribution is -0.157. The molecule has 0 spiro atoms. The summed E-state index contributed by atoms with van der Waals surface area (Å²) in [6, 6.07) is 0. The molecule has 98 heavy (non-hydrogen) atoms. The quantitative estimate of drug-likeness (QED) is 0.0163. The molecule has 8 rings (SSSR count). The molecule has 36 nitrogen and oxygen atoms in total. The first-order chi connectivity index (χ1) is 46.5. The van der Waals surface area contributed by atoms with E-state index in [1.807, 2.05) is 0 Å². The van der Waals surface area contributed by atoms with Gasteiger partial charge in [0, 0.05) is 56.8 Å². The maximum absolute atomic E-state index is 11.8. The van der Waals surface area contributed by atoms with Crippen LogP contribution in [0.3, 0.4) is 0 Å². The molecule has 0 amide bonds. The highest BCUT2D eigenvalue weighted by atomic mass is 16.7. The van der Waals surface area contributed by atoms with Crippen molar-refractivity contribution < 1.29 is 174 Å². The van der Waals surface area contributed by atoms with Crippen LogP contribution in [-0.4, -0.2) is 264 Å². The zero-order valence-corrected chi connectivity index (χ0v) is 53.2. The maximum Gasteiger partial charge on any atom is 0.331 e. The first-order valence-electron chi connectivity index (χ1n) is 30.8. The van der Waals surface area contributed by atoms with Gasteiger partial charge in [0.05, 0.1) is 103 Å². The molecule has 36 heteroatoms. The zero-order valence-electron chi connectivity index (χ0n) is 53.2. The van der Waals surface area contributed by atoms with Gasteiger partial charge >= 0.3 is 71.6 Å². The van der Waals surface area contributed by atoms with Crippen LogP contribution in [0.15, 0.2) is 61.3 Å². The molecule has 0 bridgehead atoms. The lowest BCUT2D eigenvalue weighted by Crippen LogP contribution is -2.36. The molecule has 8 heterocycles. The van der Waals surface area contributed by atoms with Crippen molar-refractivity contribution in [1.82, 2.24) is 0 Å². The maximum atomic E-state index is 11.8. The van der Waals surface area contributed by atoms with Crippen LogP contribution >= 0.6 is 0 Å². The van der Waals surface area contributed by atoms with Crippen LogP contribution in [0, 0.1) is 0 Å². The highest BCUT2D eigenvalue weighted by molar-refractivity contribution is 5.91. The van der Waals surface area contributed by atoms with Gasteiger partial charge in [0.1, 0.15) is 60.4 Å². The SMILES string of the molecule is C=C(O)C=CC(=O)O[C@H]1CO[C@H]2[C@@H]1OC[C@H]2OC(=O)C=CC(=O)O.C=C(O)CCC(=O)O[C@@H]1CO[C@H]2[C@@H]1OC[C@H]2OC(=O)CCC(=O)O.C=C(O)CCC(=O)O[C@H]1CO[C@H]2[C@@H]1OC[C@H]2OC(=O)CCC(=O)O.CC(=O)CCCC(=O)O[C@H]1CO[C@H]2[C@@H]1OC[C@H]2OC(=O)CCCC(=O)O. The van der Waals surface area contributed by atoms with E-state index >= 15 is 0 Å². The number of aliphatic hydroxyl groups excluding tert-OH is 3. The van der Waals surface area contributed by atoms with Crippen molar-refractivity contribution >= 4 is 77.4 Å². The third-order valence-corrected chi connectivity index (χ3v) is 14.9. The highest BCUT2D eigenvalue weighted by Crippen LogP contribution is 2.35. The van der Waals surface area contributed by atoms with E-state index in [4.69, 9.17) is 112 Å². The second-order valence-electron chi connectivity index (χ2n) is 22.7. The lowest BCUT2D eigenvalue weighted by atomic mass is 10.1. The van der Waals surface area contributed by atoms with Crippen LogP contribution in [0.5, 0.6) is 0 Å². The lowest BCUT2D eigenvalue weighted by Gasteiger charge is -2.17. The van der Waals surface area contributed by atoms with E-state index in [-0.39, 0.29) is 153 Å². The molecule has 0 radical (unpaired) electrons. The number of carboxylic acid groups (broad SMARTS) is 4. The Labute approximate surface area is 558 Å². The van der Waals surface area contributed by atoms with Crippen molar-refractivity contribution in [1.29, 1.82) is 0 Å². The van der Waals surface area contributed by atoms with Gasteiger partial charge in [-0.1, -0.05) is 19.7 Å². The van der Waals surface area contributed by atoms with Crippen LogP contribution in [0.4, 0.5) is 0 Å². The van der Waals surface area contributed by atoms with E-state index in [1.54, 1.807) is 0 Å². The predicted molar refractivity (Wildman–Crippen MR) is 316 cm³/mol. The van der Waals surface area contributed by atoms with Gasteiger partial charge in [-0.3, -0.25) is 43.2 Å². The minimum atomic E-state index is -1.27. The average molecular weight is 1400 g/mol. The van der Waals surface area contributed by atoms with E-state index < -0.39 is 169 Å². The topological polar surface area (TPSA) is 511 Å². The minimum Gasteiger partial charge on any atom is -0.513 e. The van der Waals surface area contributed by atoms with Crippen LogP contribution < -0.4 is 0 Å². The Morgan fingerprint density at radius 2 is 0.541 bits per heavy atom. The fourth-order valence-electron chi connectivity index (χ4n) is 10.3. The summed E-state index contributed by atoms with van der Waals surface area (Å²) in [5.74, 6) is -9.62. The molecule has 8 fully saturated rings. The molecule has 0 unspecified atom stereocenters. The number of allylic oxidation sites excluding steroid dienone is 3. The van der Waals surface area contributed by atoms with Gasteiger partial charge in [-0.25, -0.2) is 14.4 Å². The van der Waals surface area contributed by atoms with Crippen molar-refractivity contribution in [2.24, 2.45) is 0 Å². The van der Waals surface area contributed by atoms with Crippen molar-refractivity contribution in [3.05, 3.63) is 61.3 Å². The normalized spacial score (nSPS) is 28.0. The summed E-state index contributed by atoms with van der Waals surface area (Å²) in [7, 11) is 0. The first-order valence-corrected chi connectivity index (χ1v) is 30.8. The Morgan fingerprint density at radius 3 is 0.776 bits per heavy atom. The molecule has 0 aromatic rings. The summed E-state index contributed by atoms with van der Waals surface area (Å²) in [6.45, 7) is 12.1. The number of ether oxygens (including phenoxy) is 16. The van der Waals surface area contributed by atoms with Gasteiger partial charge in [-0.15, -0.1) is 0 Å². The molecule has 8 aliphatic rings. The predicted octanol–water partition coefficient (Wildman–Crippen LogP) is 1.15. The fourth-order valence-corrected chi connectivity index (χ4v) is 10.3. The number of aliphatic hydroxyl groups is 3. The summed E-state index contributed by atoms with van der Waals surface area (Å²) in [4.78, 5) is 146. The molecule has 0 aromatic carbocycles. The number of carboxylic acids is 4. The Morgan fingerprint density at radius 1 is 0.306 bits per heavy atom. The average Bonchev–Trinajstić information content (AvgIpc) is 1.68. The van der Waals surface area contributed by atoms with Crippen LogP contribution in [0.1, 0.15) is 96.8 Å². The molecule has 0 aromatic heterocycles. The molecular formula is C62H80O36. The number of carbonyl (C=O) groups is 13. The Hall–Kier alpha value is -8.91. The molecule has 544 valence electrons. The third kappa shape index (κ3) is 27.5. The number of aliphatic carboxylic acids is 4. The Bertz CT molecular complexity index is 2650. The summed E-state index contributed by atoms with van der Waals surface area (Å²) >= 11 is 0. The van der Waals surface area contributed by atoms with Gasteiger partial charge in [-0.2, -0.15) is 0 Å². The monoisotopic (exact) mass is 1400 g/mol. The number of carbonyl (C=O) groups excluding carboxylic acids is 9. The number of ketones is 1. The van der Waals surface area contributed by atoms with Crippen LogP contribution in [0.2, 0.25) is 0 Å². The molecule has 8 aliphatic heterocycles. The van der Waals surface area contributed by atoms with Crippen LogP contribution in [0.25, 0.3) is 0 Å². The zero-order chi connectivity index (χ0) is 72.2. The molecular weight excluding hydrogens is 1320 g/mol. The molecule has 0 aliphatic carbocycles. The summed E-state index contributed by atoms with van der Waals surface area (Å²) in [6.07, 6.45) is -5.76. The van der Waals surface area contributed by atoms with Crippen molar-refractivity contribution in [3.8, 4) is 0 Å². The second-order valence-corrected chi connectivity index (χ2v) is 22.7. The first kappa shape index (κ1) is 79.8. The van der Waals surface area contributed by atoms with Crippen molar-refractivity contribution in [3.63, 3.8) is 0 Å². The summed E-state index contributed by atoms with van der Waals surface area (Å²) in [5, 5.41) is 60.9. The van der Waals surface area contributed by atoms with Gasteiger partial charge in [0.25, 0.3) is 0 Å². The van der Waals surface area contributed by atoms with Crippen LogP contribution in [-0.2, 0) is 138 Å². The van der Waals surface area contributed by atoms with Crippen molar-refractivity contribution in [2.45, 2.75) is 194 Å². The molecule has 7 N–H and O–H groups in total. The number of hydrogen-bond acceptors (Lipinski definition) is 32. The summed E-state index contributed by atoms with van der Waals surface area (Å²) in [5.41, 5.74) is 0.